The third kappa shape index (κ3) is 12.5. The van der Waals surface area contributed by atoms with E-state index < -0.39 is 23.9 Å². The number of hydrogen-bond donors (Lipinski definition) is 2. The number of hydrogen-bond acceptors (Lipinski definition) is 5. The zero-order chi connectivity index (χ0) is 15.4. The van der Waals surface area contributed by atoms with Crippen LogP contribution in [-0.4, -0.2) is 34.1 Å². The normalized spacial score (nSPS) is 10.0. The monoisotopic (exact) mass is 288 g/mol. The number of carbonyl (C=O) groups is 4. The van der Waals surface area contributed by atoms with E-state index in [-0.39, 0.29) is 32.1 Å². The van der Waals surface area contributed by atoms with E-state index in [4.69, 9.17) is 10.2 Å². The summed E-state index contributed by atoms with van der Waals surface area (Å²) in [5.41, 5.74) is 0. The van der Waals surface area contributed by atoms with Crippen LogP contribution < -0.4 is 0 Å². The average Bonchev–Trinajstić information content (AvgIpc) is 2.32. The van der Waals surface area contributed by atoms with Crippen LogP contribution in [0, 0.1) is 0 Å². The van der Waals surface area contributed by atoms with Gasteiger partial charge in [-0.05, 0) is 19.3 Å². The molecule has 7 heteroatoms. The summed E-state index contributed by atoms with van der Waals surface area (Å²) in [4.78, 5) is 42.8. The van der Waals surface area contributed by atoms with Gasteiger partial charge in [0.25, 0.3) is 0 Å². The number of carboxylic acids is 2. The van der Waals surface area contributed by atoms with Crippen LogP contribution in [0.2, 0.25) is 0 Å². The second kappa shape index (κ2) is 11.0. The van der Waals surface area contributed by atoms with Crippen LogP contribution in [0.25, 0.3) is 0 Å². The molecule has 0 bridgehead atoms. The Hall–Kier alpha value is -1.92. The summed E-state index contributed by atoms with van der Waals surface area (Å²) in [6.45, 7) is 0. The molecule has 7 nitrogen and oxygen atoms in total. The fraction of sp³-hybridized carbons (Fsp3) is 0.692. The van der Waals surface area contributed by atoms with Gasteiger partial charge in [-0.2, -0.15) is 0 Å². The van der Waals surface area contributed by atoms with E-state index in [1.807, 2.05) is 0 Å². The van der Waals surface area contributed by atoms with Crippen molar-refractivity contribution in [3.05, 3.63) is 0 Å². The molecule has 0 aliphatic carbocycles. The molecule has 2 N–H and O–H groups in total. The molecule has 0 aromatic rings. The number of esters is 2. The van der Waals surface area contributed by atoms with Crippen LogP contribution in [0.3, 0.4) is 0 Å². The summed E-state index contributed by atoms with van der Waals surface area (Å²) in [6, 6.07) is 0. The molecule has 0 aromatic heterocycles. The van der Waals surface area contributed by atoms with Crippen molar-refractivity contribution < 1.29 is 34.1 Å². The quantitative estimate of drug-likeness (QED) is 0.337. The lowest BCUT2D eigenvalue weighted by Crippen LogP contribution is -2.12. The zero-order valence-electron chi connectivity index (χ0n) is 11.3. The van der Waals surface area contributed by atoms with Crippen LogP contribution in [0.5, 0.6) is 0 Å². The van der Waals surface area contributed by atoms with Gasteiger partial charge in [0.2, 0.25) is 0 Å². The van der Waals surface area contributed by atoms with Gasteiger partial charge in [-0.15, -0.1) is 0 Å². The Morgan fingerprint density at radius 3 is 1.50 bits per heavy atom. The highest BCUT2D eigenvalue weighted by Gasteiger charge is 2.10. The summed E-state index contributed by atoms with van der Waals surface area (Å²) in [5, 5.41) is 16.8. The molecule has 0 atom stereocenters. The molecule has 0 rings (SSSR count). The molecule has 0 saturated heterocycles. The molecule has 0 aliphatic heterocycles. The maximum atomic E-state index is 11.2. The standard InChI is InChI=1S/C13H20O7/c14-10(15)6-3-1-2-4-8-12(18)20-13(19)9-5-7-11(16)17/h1-9H2,(H,14,15)(H,16,17). The molecule has 20 heavy (non-hydrogen) atoms. The van der Waals surface area contributed by atoms with E-state index in [1.165, 1.54) is 0 Å². The van der Waals surface area contributed by atoms with Crippen molar-refractivity contribution in [2.45, 2.75) is 57.8 Å². The lowest BCUT2D eigenvalue weighted by molar-refractivity contribution is -0.159. The molecule has 0 unspecified atom stereocenters. The minimum Gasteiger partial charge on any atom is -0.481 e. The zero-order valence-corrected chi connectivity index (χ0v) is 11.3. The van der Waals surface area contributed by atoms with E-state index in [0.717, 1.165) is 0 Å². The summed E-state index contributed by atoms with van der Waals surface area (Å²) >= 11 is 0. The highest BCUT2D eigenvalue weighted by atomic mass is 16.6. The first-order chi connectivity index (χ1) is 9.41. The van der Waals surface area contributed by atoms with Crippen molar-refractivity contribution in [3.63, 3.8) is 0 Å². The van der Waals surface area contributed by atoms with Gasteiger partial charge in [0.05, 0.1) is 0 Å². The average molecular weight is 288 g/mol. The maximum Gasteiger partial charge on any atom is 0.313 e. The fourth-order valence-electron chi connectivity index (χ4n) is 1.51. The summed E-state index contributed by atoms with van der Waals surface area (Å²) in [5.74, 6) is -3.16. The van der Waals surface area contributed by atoms with Crippen LogP contribution in [0.15, 0.2) is 0 Å². The maximum absolute atomic E-state index is 11.2. The fourth-order valence-corrected chi connectivity index (χ4v) is 1.51. The molecular formula is C13H20O7. The van der Waals surface area contributed by atoms with Gasteiger partial charge >= 0.3 is 23.9 Å². The predicted octanol–water partition coefficient (Wildman–Crippen LogP) is 1.74. The van der Waals surface area contributed by atoms with Crippen molar-refractivity contribution >= 4 is 23.9 Å². The van der Waals surface area contributed by atoms with Crippen molar-refractivity contribution in [2.24, 2.45) is 0 Å². The number of unbranched alkanes of at least 4 members (excludes halogenated alkanes) is 3. The number of carboxylic acid groups (broad SMARTS) is 2. The first-order valence-corrected chi connectivity index (χ1v) is 6.59. The molecule has 0 radical (unpaired) electrons. The Kier molecular flexibility index (Phi) is 9.90. The van der Waals surface area contributed by atoms with Crippen LogP contribution in [0.1, 0.15) is 57.8 Å². The molecule has 0 spiro atoms. The Morgan fingerprint density at radius 1 is 0.600 bits per heavy atom. The first-order valence-electron chi connectivity index (χ1n) is 6.59. The van der Waals surface area contributed by atoms with Crippen LogP contribution >= 0.6 is 0 Å². The van der Waals surface area contributed by atoms with Crippen molar-refractivity contribution in [1.82, 2.24) is 0 Å². The van der Waals surface area contributed by atoms with Crippen LogP contribution in [-0.2, 0) is 23.9 Å². The molecule has 0 aromatic carbocycles. The topological polar surface area (TPSA) is 118 Å². The Balaban J connectivity index is 3.50. The van der Waals surface area contributed by atoms with Gasteiger partial charge < -0.3 is 14.9 Å². The second-order valence-corrected chi connectivity index (χ2v) is 4.40. The van der Waals surface area contributed by atoms with Gasteiger partial charge in [0.15, 0.2) is 0 Å². The summed E-state index contributed by atoms with van der Waals surface area (Å²) in [7, 11) is 0. The predicted molar refractivity (Wildman–Crippen MR) is 67.9 cm³/mol. The lowest BCUT2D eigenvalue weighted by Gasteiger charge is -2.02. The first kappa shape index (κ1) is 18.1. The van der Waals surface area contributed by atoms with Gasteiger partial charge in [-0.1, -0.05) is 12.8 Å². The molecule has 0 saturated carbocycles. The summed E-state index contributed by atoms with van der Waals surface area (Å²) in [6.07, 6.45) is 2.69. The third-order valence-electron chi connectivity index (χ3n) is 2.52. The number of carbonyl (C=O) groups excluding carboxylic acids is 2. The van der Waals surface area contributed by atoms with Gasteiger partial charge in [0, 0.05) is 25.7 Å². The van der Waals surface area contributed by atoms with Crippen molar-refractivity contribution in [3.8, 4) is 0 Å². The highest BCUT2D eigenvalue weighted by molar-refractivity contribution is 5.85. The number of ether oxygens (including phenoxy) is 1. The smallest absolute Gasteiger partial charge is 0.313 e. The minimum absolute atomic E-state index is 0.0867. The summed E-state index contributed by atoms with van der Waals surface area (Å²) < 4.78 is 4.51. The van der Waals surface area contributed by atoms with E-state index >= 15 is 0 Å². The molecule has 0 heterocycles. The second-order valence-electron chi connectivity index (χ2n) is 4.40. The van der Waals surface area contributed by atoms with Gasteiger partial charge in [-0.3, -0.25) is 19.2 Å². The third-order valence-corrected chi connectivity index (χ3v) is 2.52. The molecule has 114 valence electrons. The Labute approximate surface area is 116 Å². The van der Waals surface area contributed by atoms with Crippen molar-refractivity contribution in [1.29, 1.82) is 0 Å². The number of rotatable bonds is 11. The van der Waals surface area contributed by atoms with Gasteiger partial charge in [0.1, 0.15) is 0 Å². The Bertz CT molecular complexity index is 349. The van der Waals surface area contributed by atoms with E-state index in [2.05, 4.69) is 4.74 Å². The highest BCUT2D eigenvalue weighted by Crippen LogP contribution is 2.07. The van der Waals surface area contributed by atoms with E-state index in [9.17, 15) is 19.2 Å². The van der Waals surface area contributed by atoms with E-state index in [0.29, 0.717) is 25.7 Å². The van der Waals surface area contributed by atoms with E-state index in [1.54, 1.807) is 0 Å². The Morgan fingerprint density at radius 2 is 1.00 bits per heavy atom. The molecule has 0 fully saturated rings. The SMILES string of the molecule is O=C(O)CCCCCCC(=O)OC(=O)CCCC(=O)O. The van der Waals surface area contributed by atoms with Crippen molar-refractivity contribution in [2.75, 3.05) is 0 Å². The molecular weight excluding hydrogens is 268 g/mol. The van der Waals surface area contributed by atoms with Gasteiger partial charge in [-0.25, -0.2) is 0 Å². The largest absolute Gasteiger partial charge is 0.481 e. The molecule has 0 amide bonds. The lowest BCUT2D eigenvalue weighted by atomic mass is 10.1. The molecule has 0 aliphatic rings. The minimum atomic E-state index is -0.995. The van der Waals surface area contributed by atoms with Crippen LogP contribution in [0.4, 0.5) is 0 Å². The number of aliphatic carboxylic acids is 2.